The van der Waals surface area contributed by atoms with Crippen molar-refractivity contribution in [2.24, 2.45) is 25.1 Å². The van der Waals surface area contributed by atoms with Gasteiger partial charge in [-0.05, 0) is 12.0 Å². The van der Waals surface area contributed by atoms with E-state index in [0.717, 1.165) is 10.1 Å². The molecule has 1 N–H and O–H groups in total. The largest absolute Gasteiger partial charge is 0.332 e. The van der Waals surface area contributed by atoms with Crippen molar-refractivity contribution in [2.45, 2.75) is 20.4 Å². The number of nitrogens with zero attached hydrogens (tertiary/aromatic N) is 5. The monoisotopic (exact) mass is 388 g/mol. The number of hydrogen-bond acceptors (Lipinski definition) is 5. The lowest BCUT2D eigenvalue weighted by Gasteiger charge is -2.11. The third-order valence-corrected chi connectivity index (χ3v) is 4.51. The van der Waals surface area contributed by atoms with Crippen LogP contribution in [0.15, 0.2) is 39.0 Å². The molecule has 9 heteroatoms. The average molecular weight is 389 g/mol. The third-order valence-electron chi connectivity index (χ3n) is 4.17. The van der Waals surface area contributed by atoms with Gasteiger partial charge in [-0.2, -0.15) is 10.1 Å². The van der Waals surface area contributed by atoms with Crippen LogP contribution in [-0.2, 0) is 20.6 Å². The van der Waals surface area contributed by atoms with E-state index in [0.29, 0.717) is 28.7 Å². The van der Waals surface area contributed by atoms with Gasteiger partial charge < -0.3 is 4.57 Å². The van der Waals surface area contributed by atoms with Crippen molar-refractivity contribution < 1.29 is 0 Å². The molecule has 2 aromatic heterocycles. The topological polar surface area (TPSA) is 86.2 Å². The first-order chi connectivity index (χ1) is 12.8. The number of anilines is 1. The summed E-state index contributed by atoms with van der Waals surface area (Å²) in [6, 6.07) is 7.31. The van der Waals surface area contributed by atoms with Crippen molar-refractivity contribution in [2.75, 3.05) is 5.43 Å². The van der Waals surface area contributed by atoms with Crippen molar-refractivity contribution >= 4 is 34.9 Å². The van der Waals surface area contributed by atoms with E-state index in [1.165, 1.54) is 11.6 Å². The van der Waals surface area contributed by atoms with Crippen molar-refractivity contribution in [3.63, 3.8) is 0 Å². The average Bonchev–Trinajstić information content (AvgIpc) is 2.97. The zero-order valence-corrected chi connectivity index (χ0v) is 16.4. The molecule has 3 aromatic rings. The molecule has 3 rings (SSSR count). The fourth-order valence-corrected chi connectivity index (χ4v) is 3.00. The Bertz CT molecular complexity index is 1140. The van der Waals surface area contributed by atoms with E-state index in [-0.39, 0.29) is 11.5 Å². The summed E-state index contributed by atoms with van der Waals surface area (Å²) in [5.41, 5.74) is 3.50. The van der Waals surface area contributed by atoms with Crippen molar-refractivity contribution in [1.29, 1.82) is 0 Å². The minimum absolute atomic E-state index is 0.262. The third kappa shape index (κ3) is 3.52. The van der Waals surface area contributed by atoms with E-state index in [2.05, 4.69) is 15.5 Å². The van der Waals surface area contributed by atoms with Gasteiger partial charge in [0, 0.05) is 31.2 Å². The molecule has 0 aliphatic carbocycles. The van der Waals surface area contributed by atoms with Crippen LogP contribution in [0, 0.1) is 5.92 Å². The second kappa shape index (κ2) is 7.40. The number of imidazole rings is 1. The summed E-state index contributed by atoms with van der Waals surface area (Å²) in [5, 5.41) is 4.78. The maximum Gasteiger partial charge on any atom is 0.332 e. The highest BCUT2D eigenvalue weighted by molar-refractivity contribution is 6.33. The summed E-state index contributed by atoms with van der Waals surface area (Å²) in [7, 11) is 3.05. The van der Waals surface area contributed by atoms with E-state index in [9.17, 15) is 9.59 Å². The zero-order chi connectivity index (χ0) is 19.7. The van der Waals surface area contributed by atoms with Gasteiger partial charge in [0.2, 0.25) is 5.95 Å². The Morgan fingerprint density at radius 2 is 1.93 bits per heavy atom. The summed E-state index contributed by atoms with van der Waals surface area (Å²) in [6.07, 6.45) is 1.58. The smallest absolute Gasteiger partial charge is 0.303 e. The van der Waals surface area contributed by atoms with E-state index in [4.69, 9.17) is 11.6 Å². The molecule has 0 aliphatic heterocycles. The van der Waals surface area contributed by atoms with Gasteiger partial charge in [-0.15, -0.1) is 0 Å². The second-order valence-corrected chi connectivity index (χ2v) is 7.12. The highest BCUT2D eigenvalue weighted by atomic mass is 35.5. The van der Waals surface area contributed by atoms with Crippen molar-refractivity contribution in [3.8, 4) is 0 Å². The standard InChI is InChI=1S/C18H21ClN6O2/c1-11(2)10-25-14-15(23(3)18(27)24(4)16(14)26)21-17(25)22-20-9-12-7-5-6-8-13(12)19/h5-9,11H,10H2,1-4H3,(H,21,22)/b20-9+. The summed E-state index contributed by atoms with van der Waals surface area (Å²) in [6.45, 7) is 4.62. The Hall–Kier alpha value is -2.87. The van der Waals surface area contributed by atoms with E-state index in [1.54, 1.807) is 23.9 Å². The molecule has 2 heterocycles. The van der Waals surface area contributed by atoms with Gasteiger partial charge in [-0.1, -0.05) is 43.6 Å². The van der Waals surface area contributed by atoms with Crippen molar-refractivity contribution in [3.05, 3.63) is 55.7 Å². The van der Waals surface area contributed by atoms with Crippen LogP contribution in [0.1, 0.15) is 19.4 Å². The lowest BCUT2D eigenvalue weighted by molar-refractivity contribution is 0.534. The van der Waals surface area contributed by atoms with Crippen LogP contribution in [0.4, 0.5) is 5.95 Å². The number of aromatic nitrogens is 4. The van der Waals surface area contributed by atoms with Gasteiger partial charge in [0.1, 0.15) is 0 Å². The lowest BCUT2D eigenvalue weighted by atomic mass is 10.2. The number of halogens is 1. The maximum absolute atomic E-state index is 12.7. The Labute approximate surface area is 160 Å². The first-order valence-electron chi connectivity index (χ1n) is 8.51. The minimum atomic E-state index is -0.423. The van der Waals surface area contributed by atoms with E-state index in [1.807, 2.05) is 32.0 Å². The van der Waals surface area contributed by atoms with Crippen LogP contribution in [0.25, 0.3) is 11.2 Å². The number of hydrogen-bond donors (Lipinski definition) is 1. The number of rotatable bonds is 5. The van der Waals surface area contributed by atoms with Crippen molar-refractivity contribution in [1.82, 2.24) is 18.7 Å². The fourth-order valence-electron chi connectivity index (χ4n) is 2.81. The van der Waals surface area contributed by atoms with Crippen LogP contribution in [0.5, 0.6) is 0 Å². The van der Waals surface area contributed by atoms with Gasteiger partial charge in [0.05, 0.1) is 6.21 Å². The minimum Gasteiger partial charge on any atom is -0.303 e. The predicted molar refractivity (Wildman–Crippen MR) is 108 cm³/mol. The molecule has 27 heavy (non-hydrogen) atoms. The Balaban J connectivity index is 2.11. The molecule has 142 valence electrons. The Morgan fingerprint density at radius 1 is 1.22 bits per heavy atom. The molecule has 0 aliphatic rings. The molecule has 0 amide bonds. The summed E-state index contributed by atoms with van der Waals surface area (Å²) in [5.74, 6) is 0.651. The van der Waals surface area contributed by atoms with E-state index >= 15 is 0 Å². The van der Waals surface area contributed by atoms with Crippen LogP contribution in [-0.4, -0.2) is 24.9 Å². The van der Waals surface area contributed by atoms with Crippen LogP contribution in [0.2, 0.25) is 5.02 Å². The molecule has 0 saturated carbocycles. The molecule has 8 nitrogen and oxygen atoms in total. The molecule has 0 atom stereocenters. The molecular weight excluding hydrogens is 368 g/mol. The highest BCUT2D eigenvalue weighted by Crippen LogP contribution is 2.18. The summed E-state index contributed by atoms with van der Waals surface area (Å²) in [4.78, 5) is 29.3. The Morgan fingerprint density at radius 3 is 2.59 bits per heavy atom. The molecule has 0 fully saturated rings. The SMILES string of the molecule is CC(C)Cn1c(N/N=C/c2ccccc2Cl)nc2c1c(=O)n(C)c(=O)n2C. The van der Waals surface area contributed by atoms with Crippen LogP contribution >= 0.6 is 11.6 Å². The maximum atomic E-state index is 12.7. The van der Waals surface area contributed by atoms with Gasteiger partial charge in [0.25, 0.3) is 5.56 Å². The van der Waals surface area contributed by atoms with Crippen LogP contribution in [0.3, 0.4) is 0 Å². The van der Waals surface area contributed by atoms with Gasteiger partial charge >= 0.3 is 5.69 Å². The quantitative estimate of drug-likeness (QED) is 0.536. The van der Waals surface area contributed by atoms with Crippen LogP contribution < -0.4 is 16.7 Å². The molecular formula is C18H21ClN6O2. The molecule has 0 unspecified atom stereocenters. The number of nitrogens with one attached hydrogen (secondary N) is 1. The molecule has 0 saturated heterocycles. The molecule has 0 bridgehead atoms. The molecule has 0 spiro atoms. The summed E-state index contributed by atoms with van der Waals surface area (Å²) >= 11 is 6.12. The molecule has 0 radical (unpaired) electrons. The number of hydrazone groups is 1. The first-order valence-corrected chi connectivity index (χ1v) is 8.89. The number of fused-ring (bicyclic) bond motifs is 1. The fraction of sp³-hybridized carbons (Fsp3) is 0.333. The number of benzene rings is 1. The van der Waals surface area contributed by atoms with Gasteiger partial charge in [-0.3, -0.25) is 13.9 Å². The molecule has 1 aromatic carbocycles. The summed E-state index contributed by atoms with van der Waals surface area (Å²) < 4.78 is 4.19. The first kappa shape index (κ1) is 18.9. The second-order valence-electron chi connectivity index (χ2n) is 6.71. The Kier molecular flexibility index (Phi) is 5.18. The van der Waals surface area contributed by atoms with Gasteiger partial charge in [0.15, 0.2) is 11.2 Å². The van der Waals surface area contributed by atoms with Gasteiger partial charge in [-0.25, -0.2) is 10.2 Å². The zero-order valence-electron chi connectivity index (χ0n) is 15.6. The van der Waals surface area contributed by atoms with E-state index < -0.39 is 5.69 Å². The predicted octanol–water partition coefficient (Wildman–Crippen LogP) is 2.19. The highest BCUT2D eigenvalue weighted by Gasteiger charge is 2.19. The normalized spacial score (nSPS) is 11.8. The number of aryl methyl sites for hydroxylation is 1. The lowest BCUT2D eigenvalue weighted by Crippen LogP contribution is -2.37.